The lowest BCUT2D eigenvalue weighted by molar-refractivity contribution is 0.153. The van der Waals surface area contributed by atoms with Gasteiger partial charge in [-0.3, -0.25) is 4.84 Å². The molecule has 0 aliphatic rings. The normalized spacial score (nSPS) is 12.4. The average molecular weight is 262 g/mol. The van der Waals surface area contributed by atoms with Crippen molar-refractivity contribution in [1.29, 1.82) is 0 Å². The lowest BCUT2D eigenvalue weighted by Crippen LogP contribution is -2.18. The molecule has 0 saturated carbocycles. The highest BCUT2D eigenvalue weighted by Crippen LogP contribution is 2.24. The highest BCUT2D eigenvalue weighted by molar-refractivity contribution is 8.13. The zero-order chi connectivity index (χ0) is 13.3. The van der Waals surface area contributed by atoms with Gasteiger partial charge in [-0.15, -0.1) is 11.8 Å². The summed E-state index contributed by atoms with van der Waals surface area (Å²) >= 11 is 1.55. The van der Waals surface area contributed by atoms with E-state index in [1.54, 1.807) is 18.9 Å². The van der Waals surface area contributed by atoms with Crippen LogP contribution in [0, 0.1) is 5.41 Å². The van der Waals surface area contributed by atoms with E-state index in [1.165, 1.54) is 7.05 Å². The minimum absolute atomic E-state index is 0.102. The maximum absolute atomic E-state index is 10.9. The number of hydrogen-bond donors (Lipinski definition) is 1. The number of thioether (sulfide) groups is 1. The van der Waals surface area contributed by atoms with Crippen molar-refractivity contribution in [3.8, 4) is 0 Å². The Morgan fingerprint density at radius 3 is 2.53 bits per heavy atom. The fourth-order valence-corrected chi connectivity index (χ4v) is 2.05. The third kappa shape index (κ3) is 10.1. The molecule has 0 aromatic rings. The molecule has 0 aliphatic carbocycles. The van der Waals surface area contributed by atoms with E-state index < -0.39 is 6.09 Å². The summed E-state index contributed by atoms with van der Waals surface area (Å²) in [6.07, 6.45) is 0.210. The summed E-state index contributed by atoms with van der Waals surface area (Å²) in [5.74, 6) is 0.794. The van der Waals surface area contributed by atoms with Gasteiger partial charge in [-0.05, 0) is 5.41 Å². The van der Waals surface area contributed by atoms with Crippen LogP contribution in [-0.4, -0.2) is 37.7 Å². The number of hydrogen-bond acceptors (Lipinski definition) is 5. The minimum Gasteiger partial charge on any atom is -0.384 e. The summed E-state index contributed by atoms with van der Waals surface area (Å²) in [5.41, 5.74) is 0.102. The Bertz CT molecular complexity index is 262. The highest BCUT2D eigenvalue weighted by Gasteiger charge is 2.16. The first kappa shape index (κ1) is 16.2. The monoisotopic (exact) mass is 262 g/mol. The van der Waals surface area contributed by atoms with E-state index in [0.717, 1.165) is 17.2 Å². The van der Waals surface area contributed by atoms with E-state index in [1.807, 2.05) is 0 Å². The van der Waals surface area contributed by atoms with Crippen LogP contribution in [0.3, 0.4) is 0 Å². The van der Waals surface area contributed by atoms with Crippen LogP contribution in [0.15, 0.2) is 5.16 Å². The first-order valence-corrected chi connectivity index (χ1v) is 6.45. The zero-order valence-electron chi connectivity index (χ0n) is 11.2. The third-order valence-electron chi connectivity index (χ3n) is 1.67. The maximum Gasteiger partial charge on any atom is 0.433 e. The van der Waals surface area contributed by atoms with E-state index in [0.29, 0.717) is 6.61 Å². The van der Waals surface area contributed by atoms with Crippen LogP contribution < -0.4 is 5.32 Å². The van der Waals surface area contributed by atoms with Crippen LogP contribution in [0.25, 0.3) is 0 Å². The molecule has 0 radical (unpaired) electrons. The fourth-order valence-electron chi connectivity index (χ4n) is 0.944. The molecule has 5 nitrogen and oxygen atoms in total. The second-order valence-electron chi connectivity index (χ2n) is 4.69. The summed E-state index contributed by atoms with van der Waals surface area (Å²) in [6, 6.07) is 0. The number of nitrogens with zero attached hydrogens (tertiary/aromatic N) is 1. The summed E-state index contributed by atoms with van der Waals surface area (Å²) in [6.45, 7) is 6.98. The van der Waals surface area contributed by atoms with Gasteiger partial charge in [-0.1, -0.05) is 25.9 Å². The van der Waals surface area contributed by atoms with Gasteiger partial charge < -0.3 is 10.1 Å². The predicted molar refractivity (Wildman–Crippen MR) is 71.4 cm³/mol. The molecule has 0 saturated heterocycles. The van der Waals surface area contributed by atoms with Crippen LogP contribution >= 0.6 is 11.8 Å². The number of rotatable bonds is 5. The van der Waals surface area contributed by atoms with Crippen molar-refractivity contribution in [2.75, 3.05) is 26.5 Å². The molecule has 0 rings (SSSR count). The van der Waals surface area contributed by atoms with Crippen molar-refractivity contribution in [2.45, 2.75) is 27.2 Å². The molecule has 100 valence electrons. The van der Waals surface area contributed by atoms with Crippen LogP contribution in [-0.2, 0) is 9.57 Å². The molecule has 0 spiro atoms. The van der Waals surface area contributed by atoms with E-state index in [4.69, 9.17) is 9.57 Å². The van der Waals surface area contributed by atoms with E-state index in [-0.39, 0.29) is 5.41 Å². The van der Waals surface area contributed by atoms with Gasteiger partial charge in [-0.2, -0.15) is 0 Å². The lowest BCUT2D eigenvalue weighted by atomic mass is 9.93. The van der Waals surface area contributed by atoms with Crippen LogP contribution in [0.4, 0.5) is 4.79 Å². The van der Waals surface area contributed by atoms with Crippen LogP contribution in [0.5, 0.6) is 0 Å². The molecule has 17 heavy (non-hydrogen) atoms. The molecule has 6 heteroatoms. The first-order chi connectivity index (χ1) is 7.89. The first-order valence-electron chi connectivity index (χ1n) is 5.46. The molecule has 0 unspecified atom stereocenters. The standard InChI is InChI=1S/C11H22N2O3S/c1-11(2,3)8-9(17-7-6-15-5)13-16-10(14)12-4/h6-8H2,1-5H3,(H,12,14). The zero-order valence-corrected chi connectivity index (χ0v) is 12.0. The van der Waals surface area contributed by atoms with Crippen molar-refractivity contribution in [3.05, 3.63) is 0 Å². The van der Waals surface area contributed by atoms with Gasteiger partial charge in [0.25, 0.3) is 0 Å². The highest BCUT2D eigenvalue weighted by atomic mass is 32.2. The molecule has 0 heterocycles. The molecule has 1 amide bonds. The molecule has 0 bridgehead atoms. The molecule has 0 atom stereocenters. The predicted octanol–water partition coefficient (Wildman–Crippen LogP) is 2.47. The SMILES string of the molecule is CNC(=O)ON=C(CC(C)(C)C)SCCOC. The third-order valence-corrected chi connectivity index (χ3v) is 2.60. The van der Waals surface area contributed by atoms with Gasteiger partial charge in [0.1, 0.15) is 5.04 Å². The number of amides is 1. The summed E-state index contributed by atoms with van der Waals surface area (Å²) in [4.78, 5) is 15.6. The number of carbonyl (C=O) groups is 1. The fraction of sp³-hybridized carbons (Fsp3) is 0.818. The quantitative estimate of drug-likeness (QED) is 0.272. The van der Waals surface area contributed by atoms with Gasteiger partial charge in [-0.25, -0.2) is 4.79 Å². The molecular weight excluding hydrogens is 240 g/mol. The number of methoxy groups -OCH3 is 1. The molecule has 0 aromatic heterocycles. The van der Waals surface area contributed by atoms with Gasteiger partial charge >= 0.3 is 6.09 Å². The number of carbonyl (C=O) groups excluding carboxylic acids is 1. The smallest absolute Gasteiger partial charge is 0.384 e. The van der Waals surface area contributed by atoms with Crippen molar-refractivity contribution < 1.29 is 14.4 Å². The molecule has 0 aliphatic heterocycles. The van der Waals surface area contributed by atoms with Gasteiger partial charge in [0.2, 0.25) is 0 Å². The lowest BCUT2D eigenvalue weighted by Gasteiger charge is -2.18. The molecule has 1 N–H and O–H groups in total. The van der Waals surface area contributed by atoms with Crippen LogP contribution in [0.2, 0.25) is 0 Å². The number of nitrogens with one attached hydrogen (secondary N) is 1. The second kappa shape index (κ2) is 8.36. The van der Waals surface area contributed by atoms with Gasteiger partial charge in [0, 0.05) is 26.3 Å². The second-order valence-corrected chi connectivity index (χ2v) is 5.86. The van der Waals surface area contributed by atoms with Gasteiger partial charge in [0.15, 0.2) is 0 Å². The van der Waals surface area contributed by atoms with Crippen LogP contribution in [0.1, 0.15) is 27.2 Å². The Hall–Kier alpha value is -0.750. The van der Waals surface area contributed by atoms with Gasteiger partial charge in [0.05, 0.1) is 6.61 Å². The summed E-state index contributed by atoms with van der Waals surface area (Å²) < 4.78 is 4.97. The maximum atomic E-state index is 10.9. The largest absolute Gasteiger partial charge is 0.433 e. The Balaban J connectivity index is 4.33. The Morgan fingerprint density at radius 2 is 2.06 bits per heavy atom. The molecule has 0 fully saturated rings. The van der Waals surface area contributed by atoms with E-state index in [9.17, 15) is 4.79 Å². The Kier molecular flexibility index (Phi) is 7.99. The molecular formula is C11H22N2O3S. The van der Waals surface area contributed by atoms with Crippen molar-refractivity contribution in [3.63, 3.8) is 0 Å². The van der Waals surface area contributed by atoms with E-state index in [2.05, 4.69) is 31.2 Å². The Morgan fingerprint density at radius 1 is 1.41 bits per heavy atom. The summed E-state index contributed by atoms with van der Waals surface area (Å²) in [7, 11) is 3.15. The van der Waals surface area contributed by atoms with E-state index >= 15 is 0 Å². The molecule has 0 aromatic carbocycles. The van der Waals surface area contributed by atoms with Crippen molar-refractivity contribution >= 4 is 22.9 Å². The number of oxime groups is 1. The summed E-state index contributed by atoms with van der Waals surface area (Å²) in [5, 5.41) is 7.02. The topological polar surface area (TPSA) is 59.9 Å². The number of ether oxygens (including phenoxy) is 1. The average Bonchev–Trinajstić information content (AvgIpc) is 2.23. The minimum atomic E-state index is -0.552. The van der Waals surface area contributed by atoms with Crippen molar-refractivity contribution in [1.82, 2.24) is 5.32 Å². The van der Waals surface area contributed by atoms with Crippen molar-refractivity contribution in [2.24, 2.45) is 10.6 Å². The Labute approximate surface area is 107 Å².